The van der Waals surface area contributed by atoms with Crippen molar-refractivity contribution in [3.63, 3.8) is 0 Å². The second kappa shape index (κ2) is 7.96. The Hall–Kier alpha value is -3.59. The summed E-state index contributed by atoms with van der Waals surface area (Å²) in [6, 6.07) is 23.6. The minimum atomic E-state index is 0.210. The molecule has 0 bridgehead atoms. The fraction of sp³-hybridized carbons (Fsp3) is 0.303. The number of fused-ring (bicyclic) bond motifs is 6. The molecule has 36 heavy (non-hydrogen) atoms. The van der Waals surface area contributed by atoms with Gasteiger partial charge in [-0.25, -0.2) is 4.98 Å². The lowest BCUT2D eigenvalue weighted by Gasteiger charge is -2.17. The van der Waals surface area contributed by atoms with Crippen molar-refractivity contribution in [2.75, 3.05) is 0 Å². The number of nitrogens with zero attached hydrogens (tertiary/aromatic N) is 1. The minimum absolute atomic E-state index is 0.210. The Balaban J connectivity index is 1.58. The first-order valence-electron chi connectivity index (χ1n) is 12.8. The van der Waals surface area contributed by atoms with Gasteiger partial charge in [0.05, 0.1) is 0 Å². The van der Waals surface area contributed by atoms with Gasteiger partial charge >= 0.3 is 0 Å². The maximum absolute atomic E-state index is 6.56. The average Bonchev–Trinajstić information content (AvgIpc) is 3.37. The van der Waals surface area contributed by atoms with Crippen LogP contribution in [0.15, 0.2) is 75.6 Å². The molecule has 0 saturated heterocycles. The molecule has 6 aromatic rings. The van der Waals surface area contributed by atoms with Gasteiger partial charge in [-0.2, -0.15) is 0 Å². The number of hydrogen-bond acceptors (Lipinski definition) is 3. The Labute approximate surface area is 212 Å². The van der Waals surface area contributed by atoms with E-state index >= 15 is 0 Å². The highest BCUT2D eigenvalue weighted by Gasteiger charge is 2.21. The second-order valence-electron chi connectivity index (χ2n) is 12.6. The topological polar surface area (TPSA) is 39.2 Å². The zero-order valence-electron chi connectivity index (χ0n) is 22.0. The Morgan fingerprint density at radius 3 is 2.06 bits per heavy atom. The van der Waals surface area contributed by atoms with Crippen LogP contribution in [0, 0.1) is 10.8 Å². The van der Waals surface area contributed by atoms with Crippen LogP contribution in [-0.2, 0) is 12.8 Å². The van der Waals surface area contributed by atoms with Crippen LogP contribution in [0.2, 0.25) is 0 Å². The molecule has 3 nitrogen and oxygen atoms in total. The van der Waals surface area contributed by atoms with Crippen molar-refractivity contribution in [1.82, 2.24) is 4.98 Å². The third-order valence-corrected chi connectivity index (χ3v) is 6.68. The zero-order valence-corrected chi connectivity index (χ0v) is 22.0. The van der Waals surface area contributed by atoms with Gasteiger partial charge in [-0.15, -0.1) is 0 Å². The maximum atomic E-state index is 6.56. The van der Waals surface area contributed by atoms with Crippen molar-refractivity contribution >= 4 is 43.8 Å². The molecule has 0 spiro atoms. The van der Waals surface area contributed by atoms with E-state index in [2.05, 4.69) is 108 Å². The first-order valence-corrected chi connectivity index (χ1v) is 12.8. The van der Waals surface area contributed by atoms with Crippen molar-refractivity contribution in [2.45, 2.75) is 54.4 Å². The van der Waals surface area contributed by atoms with Gasteiger partial charge in [0.25, 0.3) is 0 Å². The first kappa shape index (κ1) is 22.8. The van der Waals surface area contributed by atoms with Crippen LogP contribution in [-0.4, -0.2) is 4.98 Å². The molecule has 0 amide bonds. The van der Waals surface area contributed by atoms with Crippen LogP contribution in [0.3, 0.4) is 0 Å². The summed E-state index contributed by atoms with van der Waals surface area (Å²) in [4.78, 5) is 4.92. The highest BCUT2D eigenvalue weighted by Crippen LogP contribution is 2.42. The predicted molar refractivity (Wildman–Crippen MR) is 151 cm³/mol. The lowest BCUT2D eigenvalue weighted by atomic mass is 9.88. The quantitative estimate of drug-likeness (QED) is 0.256. The second-order valence-corrected chi connectivity index (χ2v) is 12.6. The van der Waals surface area contributed by atoms with E-state index in [1.165, 1.54) is 11.1 Å². The van der Waals surface area contributed by atoms with Crippen molar-refractivity contribution in [3.05, 3.63) is 77.9 Å². The monoisotopic (exact) mass is 475 g/mol. The van der Waals surface area contributed by atoms with Gasteiger partial charge in [-0.3, -0.25) is 0 Å². The van der Waals surface area contributed by atoms with Gasteiger partial charge < -0.3 is 8.83 Å². The fourth-order valence-corrected chi connectivity index (χ4v) is 5.35. The number of rotatable bonds is 3. The van der Waals surface area contributed by atoms with Crippen LogP contribution in [0.5, 0.6) is 0 Å². The molecule has 0 atom stereocenters. The van der Waals surface area contributed by atoms with Gasteiger partial charge in [0.1, 0.15) is 16.7 Å². The molecule has 6 rings (SSSR count). The third-order valence-electron chi connectivity index (χ3n) is 6.68. The number of hydrogen-bond donors (Lipinski definition) is 0. The molecule has 0 unspecified atom stereocenters. The van der Waals surface area contributed by atoms with Gasteiger partial charge in [-0.1, -0.05) is 84.0 Å². The lowest BCUT2D eigenvalue weighted by molar-refractivity contribution is 0.411. The largest absolute Gasteiger partial charge is 0.455 e. The molecule has 4 aromatic carbocycles. The molecule has 0 aliphatic carbocycles. The van der Waals surface area contributed by atoms with Crippen molar-refractivity contribution < 1.29 is 8.83 Å². The smallest absolute Gasteiger partial charge is 0.228 e. The third kappa shape index (κ3) is 4.17. The van der Waals surface area contributed by atoms with Crippen molar-refractivity contribution in [2.24, 2.45) is 10.8 Å². The van der Waals surface area contributed by atoms with Gasteiger partial charge in [0, 0.05) is 21.7 Å². The molecule has 0 N–H and O–H groups in total. The highest BCUT2D eigenvalue weighted by atomic mass is 16.3. The summed E-state index contributed by atoms with van der Waals surface area (Å²) in [5.74, 6) is 0.634. The van der Waals surface area contributed by atoms with E-state index in [1.54, 1.807) is 0 Å². The van der Waals surface area contributed by atoms with Crippen LogP contribution in [0.25, 0.3) is 55.3 Å². The van der Waals surface area contributed by atoms with Crippen LogP contribution < -0.4 is 0 Å². The van der Waals surface area contributed by atoms with Crippen molar-refractivity contribution in [1.29, 1.82) is 0 Å². The predicted octanol–water partition coefficient (Wildman–Crippen LogP) is 9.72. The van der Waals surface area contributed by atoms with Crippen LogP contribution >= 0.6 is 0 Å². The Bertz CT molecular complexity index is 1750. The zero-order chi connectivity index (χ0) is 25.2. The molecule has 3 heteroatoms. The first-order chi connectivity index (χ1) is 17.0. The Morgan fingerprint density at radius 2 is 1.33 bits per heavy atom. The van der Waals surface area contributed by atoms with Gasteiger partial charge in [0.2, 0.25) is 5.89 Å². The van der Waals surface area contributed by atoms with E-state index in [0.29, 0.717) is 5.89 Å². The summed E-state index contributed by atoms with van der Waals surface area (Å²) in [6.07, 6.45) is 1.98. The minimum Gasteiger partial charge on any atom is -0.455 e. The Kier molecular flexibility index (Phi) is 5.05. The number of benzene rings is 4. The fourth-order valence-electron chi connectivity index (χ4n) is 5.35. The molecule has 0 fully saturated rings. The van der Waals surface area contributed by atoms with E-state index < -0.39 is 0 Å². The lowest BCUT2D eigenvalue weighted by Crippen LogP contribution is -2.08. The number of aromatic nitrogens is 1. The molecule has 2 aromatic heterocycles. The maximum Gasteiger partial charge on any atom is 0.228 e. The highest BCUT2D eigenvalue weighted by molar-refractivity contribution is 6.20. The van der Waals surface area contributed by atoms with Gasteiger partial charge in [0.15, 0.2) is 5.58 Å². The summed E-state index contributed by atoms with van der Waals surface area (Å²) in [5.41, 5.74) is 7.45. The van der Waals surface area contributed by atoms with E-state index in [4.69, 9.17) is 13.8 Å². The number of furan rings is 1. The summed E-state index contributed by atoms with van der Waals surface area (Å²) in [5, 5.41) is 4.38. The van der Waals surface area contributed by atoms with E-state index in [1.807, 2.05) is 0 Å². The molecule has 0 aliphatic heterocycles. The summed E-state index contributed by atoms with van der Waals surface area (Å²) in [6.45, 7) is 13.6. The van der Waals surface area contributed by atoms with Gasteiger partial charge in [-0.05, 0) is 64.5 Å². The molecular weight excluding hydrogens is 442 g/mol. The Morgan fingerprint density at radius 1 is 0.667 bits per heavy atom. The standard InChI is InChI=1S/C33H33NO2/c1-32(2,3)18-20-11-13-24-27(15-20)35-30-23-10-8-7-9-22(23)17-25(29(24)30)31-34-26-14-12-21(16-28(26)36-31)19-33(4,5)6/h7-17H,18-19H2,1-6H3. The van der Waals surface area contributed by atoms with E-state index in [-0.39, 0.29) is 10.8 Å². The SMILES string of the molecule is CC(C)(C)Cc1ccc2nc(-c3cc4ccccc4c4oc5cc(CC(C)(C)C)ccc5c34)oc2c1. The molecular formula is C33H33NO2. The van der Waals surface area contributed by atoms with E-state index in [0.717, 1.165) is 62.2 Å². The molecule has 2 heterocycles. The number of oxazole rings is 1. The summed E-state index contributed by atoms with van der Waals surface area (Å²) >= 11 is 0. The summed E-state index contributed by atoms with van der Waals surface area (Å²) < 4.78 is 13.0. The van der Waals surface area contributed by atoms with Crippen LogP contribution in [0.1, 0.15) is 52.7 Å². The molecule has 0 saturated carbocycles. The average molecular weight is 476 g/mol. The summed E-state index contributed by atoms with van der Waals surface area (Å²) in [7, 11) is 0. The van der Waals surface area contributed by atoms with Crippen LogP contribution in [0.4, 0.5) is 0 Å². The normalized spacial score (nSPS) is 12.9. The molecule has 0 radical (unpaired) electrons. The van der Waals surface area contributed by atoms with E-state index in [9.17, 15) is 0 Å². The van der Waals surface area contributed by atoms with Crippen molar-refractivity contribution in [3.8, 4) is 11.5 Å². The molecule has 182 valence electrons. The molecule has 0 aliphatic rings.